The van der Waals surface area contributed by atoms with E-state index in [2.05, 4.69) is 15.4 Å². The average Bonchev–Trinajstić information content (AvgIpc) is 3.01. The molecule has 1 saturated heterocycles. The van der Waals surface area contributed by atoms with Gasteiger partial charge in [-0.1, -0.05) is 5.16 Å². The van der Waals surface area contributed by atoms with Gasteiger partial charge in [-0.3, -0.25) is 4.79 Å². The zero-order valence-electron chi connectivity index (χ0n) is 15.5. The van der Waals surface area contributed by atoms with E-state index in [0.717, 1.165) is 18.8 Å². The molecule has 1 aromatic heterocycles. The minimum Gasteiger partial charge on any atom is -0.449 e. The van der Waals surface area contributed by atoms with Crippen molar-refractivity contribution in [1.82, 2.24) is 5.16 Å². The molecule has 3 N–H and O–H groups in total. The topological polar surface area (TPSA) is 111 Å². The molecule has 2 aromatic rings. The summed E-state index contributed by atoms with van der Waals surface area (Å²) in [6.45, 7) is 5.19. The number of piperidine rings is 1. The number of carbonyl (C=O) groups excluding carboxylic acids is 2. The number of rotatable bonds is 5. The van der Waals surface area contributed by atoms with E-state index in [1.54, 1.807) is 6.92 Å². The number of esters is 1. The molecule has 3 rings (SSSR count). The Labute approximate surface area is 157 Å². The molecule has 1 amide bonds. The summed E-state index contributed by atoms with van der Waals surface area (Å²) >= 11 is 0. The number of nitrogen functional groups attached to an aromatic ring is 1. The highest BCUT2D eigenvalue weighted by atomic mass is 16.5. The van der Waals surface area contributed by atoms with E-state index in [1.807, 2.05) is 24.3 Å². The SMILES string of the molecule is Cc1noc(N)c1C(=O)OC(C)C(=O)Nc1ccc(N2CCCCC2)cc1. The van der Waals surface area contributed by atoms with Crippen molar-refractivity contribution in [2.24, 2.45) is 0 Å². The average molecular weight is 372 g/mol. The van der Waals surface area contributed by atoms with Crippen LogP contribution in [0.2, 0.25) is 0 Å². The van der Waals surface area contributed by atoms with Gasteiger partial charge in [-0.25, -0.2) is 4.79 Å². The van der Waals surface area contributed by atoms with Crippen molar-refractivity contribution >= 4 is 29.1 Å². The molecule has 1 unspecified atom stereocenters. The van der Waals surface area contributed by atoms with E-state index in [-0.39, 0.29) is 11.4 Å². The second-order valence-corrected chi connectivity index (χ2v) is 6.64. The minimum atomic E-state index is -0.993. The van der Waals surface area contributed by atoms with E-state index < -0.39 is 18.0 Å². The van der Waals surface area contributed by atoms with Crippen LogP contribution in [0.4, 0.5) is 17.3 Å². The molecule has 27 heavy (non-hydrogen) atoms. The molecule has 8 nitrogen and oxygen atoms in total. The molecule has 0 bridgehead atoms. The second kappa shape index (κ2) is 8.11. The van der Waals surface area contributed by atoms with Crippen LogP contribution in [0.5, 0.6) is 0 Å². The van der Waals surface area contributed by atoms with E-state index in [1.165, 1.54) is 26.2 Å². The number of nitrogens with zero attached hydrogens (tertiary/aromatic N) is 2. The molecule has 0 spiro atoms. The smallest absolute Gasteiger partial charge is 0.346 e. The van der Waals surface area contributed by atoms with Gasteiger partial charge < -0.3 is 25.2 Å². The van der Waals surface area contributed by atoms with Crippen LogP contribution in [0.25, 0.3) is 0 Å². The lowest BCUT2D eigenvalue weighted by atomic mass is 10.1. The fourth-order valence-electron chi connectivity index (χ4n) is 3.06. The summed E-state index contributed by atoms with van der Waals surface area (Å²) in [5.74, 6) is -1.30. The van der Waals surface area contributed by atoms with Crippen molar-refractivity contribution in [3.05, 3.63) is 35.5 Å². The van der Waals surface area contributed by atoms with Crippen LogP contribution < -0.4 is 16.0 Å². The summed E-state index contributed by atoms with van der Waals surface area (Å²) in [6.07, 6.45) is 2.70. The molecule has 144 valence electrons. The third-order valence-electron chi connectivity index (χ3n) is 4.60. The van der Waals surface area contributed by atoms with Gasteiger partial charge >= 0.3 is 5.97 Å². The second-order valence-electron chi connectivity index (χ2n) is 6.64. The van der Waals surface area contributed by atoms with Gasteiger partial charge in [-0.05, 0) is 57.4 Å². The monoisotopic (exact) mass is 372 g/mol. The Morgan fingerprint density at radius 3 is 2.48 bits per heavy atom. The van der Waals surface area contributed by atoms with Crippen molar-refractivity contribution in [2.45, 2.75) is 39.2 Å². The summed E-state index contributed by atoms with van der Waals surface area (Å²) in [7, 11) is 0. The molecule has 0 radical (unpaired) electrons. The molecule has 1 aliphatic rings. The normalized spacial score (nSPS) is 15.3. The maximum atomic E-state index is 12.3. The van der Waals surface area contributed by atoms with E-state index >= 15 is 0 Å². The summed E-state index contributed by atoms with van der Waals surface area (Å²) < 4.78 is 9.91. The maximum Gasteiger partial charge on any atom is 0.346 e. The number of hydrogen-bond donors (Lipinski definition) is 2. The fourth-order valence-corrected chi connectivity index (χ4v) is 3.06. The van der Waals surface area contributed by atoms with Gasteiger partial charge in [0, 0.05) is 24.5 Å². The molecule has 1 aliphatic heterocycles. The molecule has 8 heteroatoms. The predicted molar refractivity (Wildman–Crippen MR) is 102 cm³/mol. The first-order valence-corrected chi connectivity index (χ1v) is 9.04. The number of benzene rings is 1. The number of ether oxygens (including phenoxy) is 1. The van der Waals surface area contributed by atoms with Crippen molar-refractivity contribution in [3.63, 3.8) is 0 Å². The van der Waals surface area contributed by atoms with Crippen LogP contribution in [-0.4, -0.2) is 36.2 Å². The largest absolute Gasteiger partial charge is 0.449 e. The highest BCUT2D eigenvalue weighted by molar-refractivity contribution is 5.99. The lowest BCUT2D eigenvalue weighted by Crippen LogP contribution is -2.30. The third-order valence-corrected chi connectivity index (χ3v) is 4.60. The van der Waals surface area contributed by atoms with E-state index in [9.17, 15) is 9.59 Å². The molecule has 1 atom stereocenters. The standard InChI is InChI=1S/C19H24N4O4/c1-12-16(17(20)27-22-12)19(25)26-13(2)18(24)21-14-6-8-15(9-7-14)23-10-4-3-5-11-23/h6-9,13H,3-5,10-11,20H2,1-2H3,(H,21,24). The molecular formula is C19H24N4O4. The molecule has 1 aromatic carbocycles. The summed E-state index contributed by atoms with van der Waals surface area (Å²) in [5.41, 5.74) is 7.71. The fraction of sp³-hybridized carbons (Fsp3) is 0.421. The number of amides is 1. The van der Waals surface area contributed by atoms with Crippen LogP contribution in [-0.2, 0) is 9.53 Å². The zero-order valence-corrected chi connectivity index (χ0v) is 15.5. The van der Waals surface area contributed by atoms with Crippen molar-refractivity contribution in [2.75, 3.05) is 29.0 Å². The van der Waals surface area contributed by atoms with Crippen molar-refractivity contribution < 1.29 is 18.8 Å². The van der Waals surface area contributed by atoms with Gasteiger partial charge in [-0.2, -0.15) is 0 Å². The Bertz CT molecular complexity index is 790. The Kier molecular flexibility index (Phi) is 5.63. The number of hydrogen-bond acceptors (Lipinski definition) is 7. The zero-order chi connectivity index (χ0) is 19.4. The van der Waals surface area contributed by atoms with Crippen LogP contribution in [0.3, 0.4) is 0 Å². The van der Waals surface area contributed by atoms with E-state index in [4.69, 9.17) is 15.0 Å². The van der Waals surface area contributed by atoms with Gasteiger partial charge in [0.25, 0.3) is 5.91 Å². The summed E-state index contributed by atoms with van der Waals surface area (Å²) in [6, 6.07) is 7.66. The quantitative estimate of drug-likeness (QED) is 0.776. The van der Waals surface area contributed by atoms with Crippen LogP contribution in [0.1, 0.15) is 42.2 Å². The Morgan fingerprint density at radius 2 is 1.89 bits per heavy atom. The van der Waals surface area contributed by atoms with Crippen LogP contribution in [0, 0.1) is 6.92 Å². The van der Waals surface area contributed by atoms with Gasteiger partial charge in [0.15, 0.2) is 6.10 Å². The van der Waals surface area contributed by atoms with Gasteiger partial charge in [0.2, 0.25) is 5.88 Å². The highest BCUT2D eigenvalue weighted by Crippen LogP contribution is 2.22. The maximum absolute atomic E-state index is 12.3. The lowest BCUT2D eigenvalue weighted by molar-refractivity contribution is -0.123. The van der Waals surface area contributed by atoms with Crippen LogP contribution in [0.15, 0.2) is 28.8 Å². The Hall–Kier alpha value is -3.03. The lowest BCUT2D eigenvalue weighted by Gasteiger charge is -2.28. The molecule has 0 aliphatic carbocycles. The molecule has 1 fully saturated rings. The molecular weight excluding hydrogens is 348 g/mol. The van der Waals surface area contributed by atoms with Crippen molar-refractivity contribution in [1.29, 1.82) is 0 Å². The molecule has 2 heterocycles. The Balaban J connectivity index is 1.57. The predicted octanol–water partition coefficient (Wildman–Crippen LogP) is 2.74. The van der Waals surface area contributed by atoms with E-state index in [0.29, 0.717) is 11.4 Å². The first kappa shape index (κ1) is 18.8. The number of carbonyl (C=O) groups is 2. The first-order valence-electron chi connectivity index (χ1n) is 9.04. The highest BCUT2D eigenvalue weighted by Gasteiger charge is 2.25. The minimum absolute atomic E-state index is 0.0422. The van der Waals surface area contributed by atoms with Crippen molar-refractivity contribution in [3.8, 4) is 0 Å². The number of aryl methyl sites for hydroxylation is 1. The van der Waals surface area contributed by atoms with Gasteiger partial charge in [0.05, 0.1) is 5.69 Å². The number of aromatic nitrogens is 1. The summed E-state index contributed by atoms with van der Waals surface area (Å²) in [5, 5.41) is 6.35. The van der Waals surface area contributed by atoms with Crippen LogP contribution >= 0.6 is 0 Å². The summed E-state index contributed by atoms with van der Waals surface area (Å²) in [4.78, 5) is 26.8. The number of nitrogens with two attached hydrogens (primary N) is 1. The first-order chi connectivity index (χ1) is 13.0. The van der Waals surface area contributed by atoms with Gasteiger partial charge in [-0.15, -0.1) is 0 Å². The van der Waals surface area contributed by atoms with Gasteiger partial charge in [0.1, 0.15) is 5.56 Å². The third kappa shape index (κ3) is 4.39. The number of nitrogens with one attached hydrogen (secondary N) is 1. The number of anilines is 3. The molecule has 0 saturated carbocycles. The Morgan fingerprint density at radius 1 is 1.22 bits per heavy atom.